The number of benzene rings is 1. The molecule has 0 spiro atoms. The van der Waals surface area contributed by atoms with Gasteiger partial charge in [0.1, 0.15) is 5.84 Å². The predicted octanol–water partition coefficient (Wildman–Crippen LogP) is 2.47. The van der Waals surface area contributed by atoms with E-state index >= 15 is 0 Å². The summed E-state index contributed by atoms with van der Waals surface area (Å²) in [6.07, 6.45) is 4.54. The highest BCUT2D eigenvalue weighted by atomic mass is 35.5. The van der Waals surface area contributed by atoms with E-state index in [4.69, 9.17) is 11.1 Å². The molecule has 0 aliphatic heterocycles. The molecule has 4 nitrogen and oxygen atoms in total. The maximum Gasteiger partial charge on any atom is 0.124 e. The summed E-state index contributed by atoms with van der Waals surface area (Å²) in [4.78, 5) is 6.13. The van der Waals surface area contributed by atoms with Gasteiger partial charge < -0.3 is 10.6 Å². The van der Waals surface area contributed by atoms with Crippen molar-refractivity contribution < 1.29 is 0 Å². The van der Waals surface area contributed by atoms with Crippen LogP contribution in [0.5, 0.6) is 0 Å². The largest absolute Gasteiger partial charge is 0.384 e. The Morgan fingerprint density at radius 1 is 1.20 bits per heavy atom. The van der Waals surface area contributed by atoms with Crippen LogP contribution in [0.2, 0.25) is 0 Å². The molecule has 2 aromatic rings. The minimum absolute atomic E-state index is 0. The number of amidine groups is 1. The number of anilines is 1. The van der Waals surface area contributed by atoms with Crippen molar-refractivity contribution in [3.63, 3.8) is 0 Å². The van der Waals surface area contributed by atoms with E-state index in [0.29, 0.717) is 0 Å². The molecule has 20 heavy (non-hydrogen) atoms. The quantitative estimate of drug-likeness (QED) is 0.657. The minimum atomic E-state index is 0. The van der Waals surface area contributed by atoms with Crippen molar-refractivity contribution in [2.45, 2.75) is 6.42 Å². The van der Waals surface area contributed by atoms with E-state index in [9.17, 15) is 0 Å². The molecule has 3 N–H and O–H groups in total. The Morgan fingerprint density at radius 3 is 2.50 bits per heavy atom. The molecule has 1 aromatic carbocycles. The molecule has 0 atom stereocenters. The van der Waals surface area contributed by atoms with E-state index in [0.717, 1.165) is 24.2 Å². The average Bonchev–Trinajstić information content (AvgIpc) is 2.46. The molecule has 0 bridgehead atoms. The first kappa shape index (κ1) is 16.0. The van der Waals surface area contributed by atoms with Crippen LogP contribution in [-0.4, -0.2) is 24.4 Å². The molecule has 1 aromatic heterocycles. The summed E-state index contributed by atoms with van der Waals surface area (Å²) >= 11 is 0. The second kappa shape index (κ2) is 7.50. The third-order valence-corrected chi connectivity index (χ3v) is 3.09. The van der Waals surface area contributed by atoms with Crippen LogP contribution in [-0.2, 0) is 6.42 Å². The summed E-state index contributed by atoms with van der Waals surface area (Å²) in [7, 11) is 2.02. The molecule has 0 saturated heterocycles. The summed E-state index contributed by atoms with van der Waals surface area (Å²) in [5.74, 6) is 0.103. The zero-order valence-electron chi connectivity index (χ0n) is 11.4. The summed E-state index contributed by atoms with van der Waals surface area (Å²) in [5, 5.41) is 7.61. The number of nitrogens with two attached hydrogens (primary N) is 1. The number of nitrogens with zero attached hydrogens (tertiary/aromatic N) is 2. The number of rotatable bonds is 5. The molecule has 0 unspecified atom stereocenters. The van der Waals surface area contributed by atoms with Gasteiger partial charge in [-0.15, -0.1) is 12.4 Å². The highest BCUT2D eigenvalue weighted by molar-refractivity contribution is 6.00. The van der Waals surface area contributed by atoms with Gasteiger partial charge in [0.05, 0.1) is 0 Å². The highest BCUT2D eigenvalue weighted by Gasteiger charge is 2.08. The monoisotopic (exact) mass is 290 g/mol. The van der Waals surface area contributed by atoms with E-state index < -0.39 is 0 Å². The Balaban J connectivity index is 0.00000200. The lowest BCUT2D eigenvalue weighted by Gasteiger charge is -2.22. The van der Waals surface area contributed by atoms with Gasteiger partial charge in [0.2, 0.25) is 0 Å². The van der Waals surface area contributed by atoms with Crippen LogP contribution in [0.25, 0.3) is 0 Å². The summed E-state index contributed by atoms with van der Waals surface area (Å²) < 4.78 is 0. The standard InChI is InChI=1S/C15H18N4.ClH/c1-19(11-8-12-6-9-18-10-7-12)14-5-3-2-4-13(14)15(16)17;/h2-7,9-10H,8,11H2,1H3,(H3,16,17);1H. The number of halogens is 1. The van der Waals surface area contributed by atoms with Crippen LogP contribution >= 0.6 is 12.4 Å². The molecule has 0 fully saturated rings. The lowest BCUT2D eigenvalue weighted by molar-refractivity contribution is 0.874. The average molecular weight is 291 g/mol. The number of aromatic nitrogens is 1. The topological polar surface area (TPSA) is 66.0 Å². The lowest BCUT2D eigenvalue weighted by Crippen LogP contribution is -2.24. The van der Waals surface area contributed by atoms with Crippen molar-refractivity contribution in [1.29, 1.82) is 5.41 Å². The van der Waals surface area contributed by atoms with Crippen molar-refractivity contribution in [3.8, 4) is 0 Å². The third-order valence-electron chi connectivity index (χ3n) is 3.09. The van der Waals surface area contributed by atoms with Crippen molar-refractivity contribution in [2.24, 2.45) is 5.73 Å². The fourth-order valence-corrected chi connectivity index (χ4v) is 2.00. The molecule has 106 valence electrons. The third kappa shape index (κ3) is 3.96. The Morgan fingerprint density at radius 2 is 1.85 bits per heavy atom. The van der Waals surface area contributed by atoms with Crippen molar-refractivity contribution >= 4 is 23.9 Å². The molecule has 2 rings (SSSR count). The van der Waals surface area contributed by atoms with Crippen LogP contribution in [0, 0.1) is 5.41 Å². The maximum atomic E-state index is 7.61. The number of pyridine rings is 1. The Hall–Kier alpha value is -2.07. The second-order valence-electron chi connectivity index (χ2n) is 4.46. The SMILES string of the molecule is CN(CCc1ccncc1)c1ccccc1C(=N)N.Cl. The number of hydrogen-bond acceptors (Lipinski definition) is 3. The number of hydrogen-bond donors (Lipinski definition) is 2. The fraction of sp³-hybridized carbons (Fsp3) is 0.200. The normalized spacial score (nSPS) is 9.65. The first-order valence-electron chi connectivity index (χ1n) is 6.22. The molecular weight excluding hydrogens is 272 g/mol. The van der Waals surface area contributed by atoms with Gasteiger partial charge in [-0.1, -0.05) is 12.1 Å². The Labute approximate surface area is 125 Å². The fourth-order valence-electron chi connectivity index (χ4n) is 2.00. The van der Waals surface area contributed by atoms with E-state index in [1.54, 1.807) is 12.4 Å². The molecular formula is C15H19ClN4. The summed E-state index contributed by atoms with van der Waals surface area (Å²) in [6, 6.07) is 11.8. The van der Waals surface area contributed by atoms with Gasteiger partial charge in [0.15, 0.2) is 0 Å². The number of para-hydroxylation sites is 1. The van der Waals surface area contributed by atoms with Crippen LogP contribution < -0.4 is 10.6 Å². The Kier molecular flexibility index (Phi) is 6.00. The zero-order chi connectivity index (χ0) is 13.7. The van der Waals surface area contributed by atoms with Gasteiger partial charge in [-0.05, 0) is 36.2 Å². The molecule has 5 heteroatoms. The number of nitrogens with one attached hydrogen (secondary N) is 1. The van der Waals surface area contributed by atoms with E-state index in [-0.39, 0.29) is 18.2 Å². The second-order valence-corrected chi connectivity index (χ2v) is 4.46. The van der Waals surface area contributed by atoms with Crippen LogP contribution in [0.1, 0.15) is 11.1 Å². The zero-order valence-corrected chi connectivity index (χ0v) is 12.2. The van der Waals surface area contributed by atoms with Gasteiger partial charge in [-0.3, -0.25) is 10.4 Å². The van der Waals surface area contributed by atoms with Gasteiger partial charge in [0.25, 0.3) is 0 Å². The van der Waals surface area contributed by atoms with Crippen molar-refractivity contribution in [2.75, 3.05) is 18.5 Å². The minimum Gasteiger partial charge on any atom is -0.384 e. The first-order valence-corrected chi connectivity index (χ1v) is 6.22. The summed E-state index contributed by atoms with van der Waals surface area (Å²) in [6.45, 7) is 0.869. The van der Waals surface area contributed by atoms with Gasteiger partial charge in [0, 0.05) is 37.2 Å². The Bertz CT molecular complexity index is 557. The summed E-state index contributed by atoms with van der Waals surface area (Å²) in [5.41, 5.74) is 8.63. The first-order chi connectivity index (χ1) is 9.18. The maximum absolute atomic E-state index is 7.61. The van der Waals surface area contributed by atoms with E-state index in [1.807, 2.05) is 43.4 Å². The predicted molar refractivity (Wildman–Crippen MR) is 85.9 cm³/mol. The van der Waals surface area contributed by atoms with E-state index in [1.165, 1.54) is 5.56 Å². The molecule has 0 radical (unpaired) electrons. The van der Waals surface area contributed by atoms with Gasteiger partial charge in [-0.2, -0.15) is 0 Å². The molecule has 0 aliphatic carbocycles. The van der Waals surface area contributed by atoms with Crippen molar-refractivity contribution in [1.82, 2.24) is 4.98 Å². The van der Waals surface area contributed by atoms with Crippen LogP contribution in [0.3, 0.4) is 0 Å². The van der Waals surface area contributed by atoms with Gasteiger partial charge in [-0.25, -0.2) is 0 Å². The van der Waals surface area contributed by atoms with Crippen LogP contribution in [0.15, 0.2) is 48.8 Å². The van der Waals surface area contributed by atoms with Crippen LogP contribution in [0.4, 0.5) is 5.69 Å². The highest BCUT2D eigenvalue weighted by Crippen LogP contribution is 2.18. The van der Waals surface area contributed by atoms with Gasteiger partial charge >= 0.3 is 0 Å². The molecule has 0 aliphatic rings. The number of likely N-dealkylation sites (N-methyl/N-ethyl adjacent to an activating group) is 1. The van der Waals surface area contributed by atoms with E-state index in [2.05, 4.69) is 9.88 Å². The molecule has 0 amide bonds. The van der Waals surface area contributed by atoms with Crippen molar-refractivity contribution in [3.05, 3.63) is 59.9 Å². The smallest absolute Gasteiger partial charge is 0.124 e. The molecule has 1 heterocycles. The molecule has 0 saturated carbocycles. The lowest BCUT2D eigenvalue weighted by atomic mass is 10.1. The number of nitrogen functional groups attached to an aromatic ring is 1.